The lowest BCUT2D eigenvalue weighted by Gasteiger charge is -2.26. The summed E-state index contributed by atoms with van der Waals surface area (Å²) >= 11 is 6.17. The maximum atomic E-state index is 12.2. The van der Waals surface area contributed by atoms with E-state index in [1.807, 2.05) is 32.9 Å². The average Bonchev–Trinajstić information content (AvgIpc) is 2.57. The average molecular weight is 312 g/mol. The van der Waals surface area contributed by atoms with Crippen LogP contribution in [0.4, 0.5) is 4.79 Å². The monoisotopic (exact) mass is 311 g/mol. The molecular weight excluding hydrogens is 290 g/mol. The SMILES string of the molecule is COc1cc2c(cc1Cl)CCN(C(=O)OC(C)(C)C)CC2. The molecule has 0 aliphatic carbocycles. The highest BCUT2D eigenvalue weighted by molar-refractivity contribution is 6.32. The Kier molecular flexibility index (Phi) is 4.67. The molecular formula is C16H22ClNO3. The van der Waals surface area contributed by atoms with Gasteiger partial charge in [-0.3, -0.25) is 0 Å². The van der Waals surface area contributed by atoms with E-state index in [9.17, 15) is 4.79 Å². The molecule has 1 aliphatic rings. The molecule has 0 spiro atoms. The molecule has 0 bridgehead atoms. The van der Waals surface area contributed by atoms with Crippen LogP contribution in [0.25, 0.3) is 0 Å². The second kappa shape index (κ2) is 6.14. The maximum Gasteiger partial charge on any atom is 0.410 e. The first-order valence-corrected chi connectivity index (χ1v) is 7.51. The molecule has 0 aromatic heterocycles. The van der Waals surface area contributed by atoms with Crippen LogP contribution in [-0.4, -0.2) is 36.8 Å². The number of hydrogen-bond acceptors (Lipinski definition) is 3. The summed E-state index contributed by atoms with van der Waals surface area (Å²) in [5.74, 6) is 0.682. The van der Waals surface area contributed by atoms with Crippen LogP contribution in [0.2, 0.25) is 5.02 Å². The fraction of sp³-hybridized carbons (Fsp3) is 0.562. The smallest absolute Gasteiger partial charge is 0.410 e. The van der Waals surface area contributed by atoms with Crippen LogP contribution in [0.5, 0.6) is 5.75 Å². The lowest BCUT2D eigenvalue weighted by atomic mass is 10.0. The molecule has 5 heteroatoms. The lowest BCUT2D eigenvalue weighted by molar-refractivity contribution is 0.0258. The Hall–Kier alpha value is -1.42. The first-order valence-electron chi connectivity index (χ1n) is 7.13. The molecule has 0 fully saturated rings. The molecule has 4 nitrogen and oxygen atoms in total. The number of halogens is 1. The molecule has 21 heavy (non-hydrogen) atoms. The standard InChI is InChI=1S/C16H22ClNO3/c1-16(2,3)21-15(19)18-7-5-11-9-13(17)14(20-4)10-12(11)6-8-18/h9-10H,5-8H2,1-4H3. The highest BCUT2D eigenvalue weighted by atomic mass is 35.5. The van der Waals surface area contributed by atoms with Crippen LogP contribution < -0.4 is 4.74 Å². The number of amides is 1. The van der Waals surface area contributed by atoms with E-state index in [1.165, 1.54) is 11.1 Å². The Morgan fingerprint density at radius 1 is 1.19 bits per heavy atom. The predicted molar refractivity (Wildman–Crippen MR) is 83.2 cm³/mol. The van der Waals surface area contributed by atoms with E-state index in [0.29, 0.717) is 23.9 Å². The van der Waals surface area contributed by atoms with E-state index in [4.69, 9.17) is 21.1 Å². The largest absolute Gasteiger partial charge is 0.495 e. The van der Waals surface area contributed by atoms with Crippen LogP contribution in [0.3, 0.4) is 0 Å². The summed E-state index contributed by atoms with van der Waals surface area (Å²) in [6, 6.07) is 3.91. The van der Waals surface area contributed by atoms with Crippen LogP contribution in [0.15, 0.2) is 12.1 Å². The predicted octanol–water partition coefficient (Wildman–Crippen LogP) is 3.68. The Labute approximate surface area is 131 Å². The first-order chi connectivity index (χ1) is 9.80. The van der Waals surface area contributed by atoms with E-state index in [-0.39, 0.29) is 6.09 Å². The lowest BCUT2D eigenvalue weighted by Crippen LogP contribution is -2.38. The van der Waals surface area contributed by atoms with Crippen molar-refractivity contribution in [2.45, 2.75) is 39.2 Å². The summed E-state index contributed by atoms with van der Waals surface area (Å²) in [4.78, 5) is 13.9. The molecule has 0 atom stereocenters. The van der Waals surface area contributed by atoms with Gasteiger partial charge < -0.3 is 14.4 Å². The summed E-state index contributed by atoms with van der Waals surface area (Å²) < 4.78 is 10.7. The van der Waals surface area contributed by atoms with Crippen molar-refractivity contribution >= 4 is 17.7 Å². The number of ether oxygens (including phenoxy) is 2. The number of benzene rings is 1. The molecule has 1 aromatic carbocycles. The Bertz CT molecular complexity index is 537. The number of carbonyl (C=O) groups excluding carboxylic acids is 1. The Morgan fingerprint density at radius 3 is 2.29 bits per heavy atom. The topological polar surface area (TPSA) is 38.8 Å². The molecule has 0 unspecified atom stereocenters. The molecule has 2 rings (SSSR count). The van der Waals surface area contributed by atoms with E-state index in [1.54, 1.807) is 12.0 Å². The zero-order chi connectivity index (χ0) is 15.6. The van der Waals surface area contributed by atoms with Gasteiger partial charge in [-0.1, -0.05) is 11.6 Å². The number of nitrogens with zero attached hydrogens (tertiary/aromatic N) is 1. The summed E-state index contributed by atoms with van der Waals surface area (Å²) in [6.07, 6.45) is 1.30. The van der Waals surface area contributed by atoms with Gasteiger partial charge in [-0.15, -0.1) is 0 Å². The highest BCUT2D eigenvalue weighted by Crippen LogP contribution is 2.30. The van der Waals surface area contributed by atoms with Crippen molar-refractivity contribution in [1.82, 2.24) is 4.90 Å². The third kappa shape index (κ3) is 4.03. The van der Waals surface area contributed by atoms with E-state index in [2.05, 4.69) is 0 Å². The van der Waals surface area contributed by atoms with E-state index in [0.717, 1.165) is 12.8 Å². The third-order valence-corrected chi connectivity index (χ3v) is 3.72. The third-order valence-electron chi connectivity index (χ3n) is 3.43. The molecule has 1 amide bonds. The normalized spacial score (nSPS) is 15.2. The number of methoxy groups -OCH3 is 1. The minimum Gasteiger partial charge on any atom is -0.495 e. The minimum atomic E-state index is -0.469. The van der Waals surface area contributed by atoms with Crippen molar-refractivity contribution in [3.63, 3.8) is 0 Å². The molecule has 1 aliphatic heterocycles. The van der Waals surface area contributed by atoms with Gasteiger partial charge in [-0.2, -0.15) is 0 Å². The number of carbonyl (C=O) groups is 1. The van der Waals surface area contributed by atoms with E-state index >= 15 is 0 Å². The second-order valence-corrected chi connectivity index (χ2v) is 6.63. The minimum absolute atomic E-state index is 0.256. The van der Waals surface area contributed by atoms with E-state index < -0.39 is 5.60 Å². The van der Waals surface area contributed by atoms with Crippen molar-refractivity contribution in [3.05, 3.63) is 28.3 Å². The summed E-state index contributed by atoms with van der Waals surface area (Å²) in [7, 11) is 1.61. The van der Waals surface area contributed by atoms with Crippen molar-refractivity contribution in [1.29, 1.82) is 0 Å². The van der Waals surface area contributed by atoms with Gasteiger partial charge in [0.05, 0.1) is 12.1 Å². The van der Waals surface area contributed by atoms with Crippen molar-refractivity contribution in [2.24, 2.45) is 0 Å². The maximum absolute atomic E-state index is 12.2. The summed E-state index contributed by atoms with van der Waals surface area (Å²) in [6.45, 7) is 6.92. The first kappa shape index (κ1) is 16.0. The zero-order valence-electron chi connectivity index (χ0n) is 13.0. The van der Waals surface area contributed by atoms with Gasteiger partial charge in [0.2, 0.25) is 0 Å². The molecule has 1 aromatic rings. The summed E-state index contributed by atoms with van der Waals surface area (Å²) in [5, 5.41) is 0.613. The Morgan fingerprint density at radius 2 is 1.76 bits per heavy atom. The van der Waals surface area contributed by atoms with Gasteiger partial charge in [-0.25, -0.2) is 4.79 Å². The molecule has 1 heterocycles. The molecule has 0 saturated carbocycles. The fourth-order valence-corrected chi connectivity index (χ4v) is 2.65. The quantitative estimate of drug-likeness (QED) is 0.794. The van der Waals surface area contributed by atoms with Crippen molar-refractivity contribution < 1.29 is 14.3 Å². The van der Waals surface area contributed by atoms with Crippen LogP contribution >= 0.6 is 11.6 Å². The number of hydrogen-bond donors (Lipinski definition) is 0. The van der Waals surface area contributed by atoms with Gasteiger partial charge in [0, 0.05) is 13.1 Å². The number of fused-ring (bicyclic) bond motifs is 1. The van der Waals surface area contributed by atoms with Crippen LogP contribution in [-0.2, 0) is 17.6 Å². The molecule has 116 valence electrons. The van der Waals surface area contributed by atoms with Gasteiger partial charge in [-0.05, 0) is 56.9 Å². The molecule has 0 N–H and O–H groups in total. The van der Waals surface area contributed by atoms with Gasteiger partial charge in [0.15, 0.2) is 0 Å². The van der Waals surface area contributed by atoms with Crippen molar-refractivity contribution in [3.8, 4) is 5.75 Å². The van der Waals surface area contributed by atoms with Crippen LogP contribution in [0.1, 0.15) is 31.9 Å². The zero-order valence-corrected chi connectivity index (χ0v) is 13.8. The van der Waals surface area contributed by atoms with Gasteiger partial charge in [0.1, 0.15) is 11.4 Å². The van der Waals surface area contributed by atoms with Crippen LogP contribution in [0, 0.1) is 0 Å². The second-order valence-electron chi connectivity index (χ2n) is 6.22. The molecule has 0 saturated heterocycles. The van der Waals surface area contributed by atoms with Gasteiger partial charge in [0.25, 0.3) is 0 Å². The molecule has 0 radical (unpaired) electrons. The van der Waals surface area contributed by atoms with Crippen molar-refractivity contribution in [2.75, 3.05) is 20.2 Å². The Balaban J connectivity index is 2.12. The fourth-order valence-electron chi connectivity index (χ4n) is 2.39. The highest BCUT2D eigenvalue weighted by Gasteiger charge is 2.24. The summed E-state index contributed by atoms with van der Waals surface area (Å²) in [5.41, 5.74) is 1.89. The van der Waals surface area contributed by atoms with Gasteiger partial charge >= 0.3 is 6.09 Å². The number of rotatable bonds is 1.